The molecule has 0 aliphatic carbocycles. The van der Waals surface area contributed by atoms with Gasteiger partial charge in [-0.3, -0.25) is 4.72 Å². The quantitative estimate of drug-likeness (QED) is 0.865. The van der Waals surface area contributed by atoms with Gasteiger partial charge in [0, 0.05) is 22.3 Å². The van der Waals surface area contributed by atoms with Gasteiger partial charge in [-0.25, -0.2) is 12.8 Å². The van der Waals surface area contributed by atoms with Gasteiger partial charge in [-0.15, -0.1) is 0 Å². The van der Waals surface area contributed by atoms with E-state index in [0.29, 0.717) is 11.3 Å². The van der Waals surface area contributed by atoms with Gasteiger partial charge in [0.15, 0.2) is 0 Å². The topological polar surface area (TPSA) is 72.2 Å². The van der Waals surface area contributed by atoms with Crippen LogP contribution >= 0.6 is 15.9 Å². The number of nitrogens with two attached hydrogens (primary N) is 1. The smallest absolute Gasteiger partial charge is 0.262 e. The van der Waals surface area contributed by atoms with Crippen molar-refractivity contribution in [2.24, 2.45) is 5.73 Å². The van der Waals surface area contributed by atoms with Crippen LogP contribution in [0, 0.1) is 12.7 Å². The standard InChI is InChI=1S/C14H14BrFN2O2S/c1-9-13(16)6-10(8-17)7-14(9)21(19,20)18-12-4-2-11(15)3-5-12/h2-7,18H,8,17H2,1H3. The molecule has 0 aromatic heterocycles. The SMILES string of the molecule is Cc1c(F)cc(CN)cc1S(=O)(=O)Nc1ccc(Br)cc1. The van der Waals surface area contributed by atoms with Crippen LogP contribution < -0.4 is 10.5 Å². The lowest BCUT2D eigenvalue weighted by Crippen LogP contribution is -2.16. The van der Waals surface area contributed by atoms with E-state index in [1.54, 1.807) is 24.3 Å². The summed E-state index contributed by atoms with van der Waals surface area (Å²) in [5, 5.41) is 0. The summed E-state index contributed by atoms with van der Waals surface area (Å²) in [5.74, 6) is -0.589. The Balaban J connectivity index is 2.44. The third kappa shape index (κ3) is 3.61. The third-order valence-corrected chi connectivity index (χ3v) is 5.01. The van der Waals surface area contributed by atoms with E-state index < -0.39 is 15.8 Å². The lowest BCUT2D eigenvalue weighted by Gasteiger charge is -2.12. The van der Waals surface area contributed by atoms with Gasteiger partial charge in [-0.2, -0.15) is 0 Å². The maximum absolute atomic E-state index is 13.8. The second kappa shape index (κ2) is 6.13. The van der Waals surface area contributed by atoms with Crippen LogP contribution in [0.25, 0.3) is 0 Å². The Bertz CT molecular complexity index is 761. The average molecular weight is 373 g/mol. The Labute approximate surface area is 131 Å². The molecule has 0 spiro atoms. The highest BCUT2D eigenvalue weighted by Crippen LogP contribution is 2.24. The zero-order valence-corrected chi connectivity index (χ0v) is 13.6. The molecule has 0 heterocycles. The maximum atomic E-state index is 13.8. The highest BCUT2D eigenvalue weighted by molar-refractivity contribution is 9.10. The fourth-order valence-corrected chi connectivity index (χ4v) is 3.46. The molecule has 0 unspecified atom stereocenters. The minimum absolute atomic E-state index is 0.0665. The zero-order chi connectivity index (χ0) is 15.6. The van der Waals surface area contributed by atoms with Gasteiger partial charge >= 0.3 is 0 Å². The van der Waals surface area contributed by atoms with Crippen LogP contribution in [-0.2, 0) is 16.6 Å². The van der Waals surface area contributed by atoms with Crippen molar-refractivity contribution in [1.82, 2.24) is 0 Å². The summed E-state index contributed by atoms with van der Waals surface area (Å²) in [5.41, 5.74) is 6.35. The number of sulfonamides is 1. The predicted octanol–water partition coefficient (Wildman–Crippen LogP) is 3.16. The molecule has 4 nitrogen and oxygen atoms in total. The van der Waals surface area contributed by atoms with Crippen LogP contribution in [0.2, 0.25) is 0 Å². The van der Waals surface area contributed by atoms with Crippen LogP contribution in [-0.4, -0.2) is 8.42 Å². The van der Waals surface area contributed by atoms with Crippen molar-refractivity contribution < 1.29 is 12.8 Å². The van der Waals surface area contributed by atoms with Crippen molar-refractivity contribution in [2.45, 2.75) is 18.4 Å². The van der Waals surface area contributed by atoms with Crippen LogP contribution in [0.4, 0.5) is 10.1 Å². The summed E-state index contributed by atoms with van der Waals surface area (Å²) >= 11 is 3.27. The van der Waals surface area contributed by atoms with Crippen molar-refractivity contribution >= 4 is 31.6 Å². The van der Waals surface area contributed by atoms with Crippen molar-refractivity contribution in [1.29, 1.82) is 0 Å². The summed E-state index contributed by atoms with van der Waals surface area (Å²) in [6.07, 6.45) is 0. The van der Waals surface area contributed by atoms with Crippen LogP contribution in [0.1, 0.15) is 11.1 Å². The first kappa shape index (κ1) is 15.9. The Morgan fingerprint density at radius 3 is 2.43 bits per heavy atom. The highest BCUT2D eigenvalue weighted by Gasteiger charge is 2.20. The van der Waals surface area contributed by atoms with Crippen molar-refractivity contribution in [3.05, 3.63) is 57.8 Å². The molecular weight excluding hydrogens is 359 g/mol. The molecule has 112 valence electrons. The highest BCUT2D eigenvalue weighted by atomic mass is 79.9. The number of nitrogens with one attached hydrogen (secondary N) is 1. The van der Waals surface area contributed by atoms with Gasteiger partial charge in [0.25, 0.3) is 10.0 Å². The van der Waals surface area contributed by atoms with Crippen LogP contribution in [0.15, 0.2) is 45.8 Å². The van der Waals surface area contributed by atoms with Crippen LogP contribution in [0.5, 0.6) is 0 Å². The summed E-state index contributed by atoms with van der Waals surface area (Å²) in [6, 6.07) is 9.27. The van der Waals surface area contributed by atoms with E-state index in [0.717, 1.165) is 4.47 Å². The first-order valence-electron chi connectivity index (χ1n) is 6.11. The molecule has 0 aliphatic rings. The number of hydrogen-bond donors (Lipinski definition) is 2. The summed E-state index contributed by atoms with van der Waals surface area (Å²) in [4.78, 5) is -0.106. The molecule has 2 rings (SSSR count). The predicted molar refractivity (Wildman–Crippen MR) is 84.0 cm³/mol. The van der Waals surface area contributed by atoms with Gasteiger partial charge in [0.05, 0.1) is 4.90 Å². The minimum atomic E-state index is -3.87. The Hall–Kier alpha value is -1.44. The van der Waals surface area contributed by atoms with Crippen molar-refractivity contribution in [3.63, 3.8) is 0 Å². The van der Waals surface area contributed by atoms with E-state index in [2.05, 4.69) is 20.7 Å². The number of benzene rings is 2. The molecular formula is C14H14BrFN2O2S. The van der Waals surface area contributed by atoms with E-state index in [9.17, 15) is 12.8 Å². The Morgan fingerprint density at radius 1 is 1.24 bits per heavy atom. The minimum Gasteiger partial charge on any atom is -0.326 e. The summed E-state index contributed by atoms with van der Waals surface area (Å²) in [7, 11) is -3.87. The Kier molecular flexibility index (Phi) is 4.65. The monoisotopic (exact) mass is 372 g/mol. The molecule has 2 aromatic carbocycles. The van der Waals surface area contributed by atoms with Gasteiger partial charge < -0.3 is 5.73 Å². The second-order valence-corrected chi connectivity index (χ2v) is 7.08. The fourth-order valence-electron chi connectivity index (χ4n) is 1.83. The molecule has 0 amide bonds. The molecule has 0 saturated heterocycles. The largest absolute Gasteiger partial charge is 0.326 e. The van der Waals surface area contributed by atoms with Crippen molar-refractivity contribution in [2.75, 3.05) is 4.72 Å². The van der Waals surface area contributed by atoms with E-state index in [4.69, 9.17) is 5.73 Å². The number of anilines is 1. The van der Waals surface area contributed by atoms with Gasteiger partial charge in [-0.1, -0.05) is 15.9 Å². The molecule has 0 atom stereocenters. The third-order valence-electron chi connectivity index (χ3n) is 2.98. The molecule has 3 N–H and O–H groups in total. The molecule has 7 heteroatoms. The molecule has 0 radical (unpaired) electrons. The van der Waals surface area contributed by atoms with E-state index in [1.807, 2.05) is 0 Å². The fraction of sp³-hybridized carbons (Fsp3) is 0.143. The van der Waals surface area contributed by atoms with Crippen LogP contribution in [0.3, 0.4) is 0 Å². The number of rotatable bonds is 4. The molecule has 0 saturated carbocycles. The van der Waals surface area contributed by atoms with E-state index in [1.165, 1.54) is 19.1 Å². The first-order valence-corrected chi connectivity index (χ1v) is 8.38. The maximum Gasteiger partial charge on any atom is 0.262 e. The molecule has 0 fully saturated rings. The Morgan fingerprint density at radius 2 is 1.86 bits per heavy atom. The second-order valence-electron chi connectivity index (χ2n) is 4.52. The summed E-state index contributed by atoms with van der Waals surface area (Å²) in [6.45, 7) is 1.49. The lowest BCUT2D eigenvalue weighted by atomic mass is 10.1. The van der Waals surface area contributed by atoms with Crippen molar-refractivity contribution in [3.8, 4) is 0 Å². The average Bonchev–Trinajstić information content (AvgIpc) is 2.43. The van der Waals surface area contributed by atoms with E-state index >= 15 is 0 Å². The lowest BCUT2D eigenvalue weighted by molar-refractivity contribution is 0.589. The van der Waals surface area contributed by atoms with Gasteiger partial charge in [0.2, 0.25) is 0 Å². The molecule has 21 heavy (non-hydrogen) atoms. The van der Waals surface area contributed by atoms with Gasteiger partial charge in [0.1, 0.15) is 5.82 Å². The number of halogens is 2. The molecule has 0 aliphatic heterocycles. The molecule has 2 aromatic rings. The summed E-state index contributed by atoms with van der Waals surface area (Å²) < 4.78 is 41.8. The van der Waals surface area contributed by atoms with E-state index in [-0.39, 0.29) is 17.0 Å². The first-order chi connectivity index (χ1) is 9.83. The normalized spacial score (nSPS) is 11.4. The van der Waals surface area contributed by atoms with Gasteiger partial charge in [-0.05, 0) is 48.9 Å². The zero-order valence-electron chi connectivity index (χ0n) is 11.2. The number of hydrogen-bond acceptors (Lipinski definition) is 3. The molecule has 0 bridgehead atoms.